The van der Waals surface area contributed by atoms with E-state index in [0.717, 1.165) is 13.0 Å². The minimum atomic E-state index is -0.0718. The Morgan fingerprint density at radius 1 is 1.82 bits per heavy atom. The first-order valence-electron chi connectivity index (χ1n) is 3.70. The van der Waals surface area contributed by atoms with E-state index in [9.17, 15) is 4.79 Å². The van der Waals surface area contributed by atoms with E-state index in [1.54, 1.807) is 7.11 Å². The van der Waals surface area contributed by atoms with Gasteiger partial charge < -0.3 is 10.1 Å². The first-order chi connectivity index (χ1) is 5.27. The number of hydrogen-bond acceptors (Lipinski definition) is 3. The molecule has 0 spiro atoms. The number of ether oxygens (including phenoxy) is 1. The highest BCUT2D eigenvalue weighted by molar-refractivity contribution is 5.94. The predicted octanol–water partition coefficient (Wildman–Crippen LogP) is 0.118. The fourth-order valence-corrected chi connectivity index (χ4v) is 1.24. The maximum Gasteiger partial charge on any atom is 0.172 e. The number of carbonyl (C=O) groups excluding carboxylic acids is 1. The topological polar surface area (TPSA) is 38.3 Å². The zero-order valence-electron chi connectivity index (χ0n) is 6.67. The van der Waals surface area contributed by atoms with E-state index in [4.69, 9.17) is 4.74 Å². The standard InChI is InChI=1S/C8H13NO2/c1-3-8(10)7-4-6(11-2)5-9-7/h3,6-7,9H,1,4-5H2,2H3. The Morgan fingerprint density at radius 3 is 3.00 bits per heavy atom. The normalized spacial score (nSPS) is 30.3. The molecule has 62 valence electrons. The lowest BCUT2D eigenvalue weighted by atomic mass is 10.1. The molecular formula is C8H13NO2. The average molecular weight is 155 g/mol. The van der Waals surface area contributed by atoms with E-state index >= 15 is 0 Å². The molecule has 0 amide bonds. The van der Waals surface area contributed by atoms with E-state index in [2.05, 4.69) is 11.9 Å². The minimum absolute atomic E-state index is 0.0598. The van der Waals surface area contributed by atoms with Gasteiger partial charge in [-0.2, -0.15) is 0 Å². The molecule has 1 heterocycles. The summed E-state index contributed by atoms with van der Waals surface area (Å²) in [6.45, 7) is 4.19. The van der Waals surface area contributed by atoms with Crippen LogP contribution >= 0.6 is 0 Å². The fourth-order valence-electron chi connectivity index (χ4n) is 1.24. The second kappa shape index (κ2) is 3.64. The molecule has 1 rings (SSSR count). The molecule has 3 heteroatoms. The van der Waals surface area contributed by atoms with E-state index in [1.807, 2.05) is 0 Å². The summed E-state index contributed by atoms with van der Waals surface area (Å²) in [5.74, 6) is 0.0598. The largest absolute Gasteiger partial charge is 0.380 e. The highest BCUT2D eigenvalue weighted by Crippen LogP contribution is 2.10. The summed E-state index contributed by atoms with van der Waals surface area (Å²) in [4.78, 5) is 11.0. The molecule has 0 aliphatic carbocycles. The van der Waals surface area contributed by atoms with E-state index in [1.165, 1.54) is 6.08 Å². The summed E-state index contributed by atoms with van der Waals surface area (Å²) in [6.07, 6.45) is 2.31. The molecule has 3 nitrogen and oxygen atoms in total. The van der Waals surface area contributed by atoms with Crippen molar-refractivity contribution in [2.75, 3.05) is 13.7 Å². The lowest BCUT2D eigenvalue weighted by molar-refractivity contribution is -0.116. The van der Waals surface area contributed by atoms with Crippen LogP contribution in [0.25, 0.3) is 0 Å². The Balaban J connectivity index is 2.41. The molecule has 0 aromatic heterocycles. The molecule has 1 fully saturated rings. The van der Waals surface area contributed by atoms with Gasteiger partial charge in [-0.25, -0.2) is 0 Å². The summed E-state index contributed by atoms with van der Waals surface area (Å²) < 4.78 is 5.09. The Morgan fingerprint density at radius 2 is 2.55 bits per heavy atom. The molecule has 11 heavy (non-hydrogen) atoms. The van der Waals surface area contributed by atoms with Crippen molar-refractivity contribution >= 4 is 5.78 Å². The molecule has 1 aliphatic rings. The van der Waals surface area contributed by atoms with Gasteiger partial charge in [0, 0.05) is 13.7 Å². The number of nitrogens with one attached hydrogen (secondary N) is 1. The predicted molar refractivity (Wildman–Crippen MR) is 42.4 cm³/mol. The molecule has 1 aliphatic heterocycles. The molecule has 1 saturated heterocycles. The lowest BCUT2D eigenvalue weighted by Gasteiger charge is -2.04. The van der Waals surface area contributed by atoms with Crippen LogP contribution in [0.5, 0.6) is 0 Å². The SMILES string of the molecule is C=CC(=O)C1CC(OC)CN1. The average Bonchev–Trinajstić information content (AvgIpc) is 2.50. The van der Waals surface area contributed by atoms with E-state index in [0.29, 0.717) is 0 Å². The van der Waals surface area contributed by atoms with Gasteiger partial charge in [-0.1, -0.05) is 6.58 Å². The maximum absolute atomic E-state index is 11.0. The Labute approximate surface area is 66.4 Å². The molecular weight excluding hydrogens is 142 g/mol. The van der Waals surface area contributed by atoms with Gasteiger partial charge in [0.2, 0.25) is 0 Å². The van der Waals surface area contributed by atoms with Gasteiger partial charge in [-0.15, -0.1) is 0 Å². The van der Waals surface area contributed by atoms with Crippen LogP contribution < -0.4 is 5.32 Å². The third kappa shape index (κ3) is 1.88. The van der Waals surface area contributed by atoms with Crippen LogP contribution in [-0.4, -0.2) is 31.6 Å². The quantitative estimate of drug-likeness (QED) is 0.588. The molecule has 1 N–H and O–H groups in total. The molecule has 2 atom stereocenters. The minimum Gasteiger partial charge on any atom is -0.380 e. The summed E-state index contributed by atoms with van der Waals surface area (Å²) in [7, 11) is 1.66. The molecule has 0 bridgehead atoms. The summed E-state index contributed by atoms with van der Waals surface area (Å²) in [6, 6.07) is -0.0718. The maximum atomic E-state index is 11.0. The first kappa shape index (κ1) is 8.43. The number of methoxy groups -OCH3 is 1. The van der Waals surface area contributed by atoms with Crippen LogP contribution in [0.1, 0.15) is 6.42 Å². The second-order valence-corrected chi connectivity index (χ2v) is 2.66. The fraction of sp³-hybridized carbons (Fsp3) is 0.625. The van der Waals surface area contributed by atoms with Gasteiger partial charge in [0.15, 0.2) is 5.78 Å². The Hall–Kier alpha value is -0.670. The molecule has 0 aromatic carbocycles. The summed E-state index contributed by atoms with van der Waals surface area (Å²) >= 11 is 0. The van der Waals surface area contributed by atoms with Gasteiger partial charge in [-0.05, 0) is 12.5 Å². The van der Waals surface area contributed by atoms with Crippen LogP contribution in [0, 0.1) is 0 Å². The van der Waals surface area contributed by atoms with Crippen molar-refractivity contribution in [3.63, 3.8) is 0 Å². The van der Waals surface area contributed by atoms with Crippen LogP contribution in [0.2, 0.25) is 0 Å². The molecule has 2 unspecified atom stereocenters. The van der Waals surface area contributed by atoms with E-state index < -0.39 is 0 Å². The molecule has 0 saturated carbocycles. The van der Waals surface area contributed by atoms with Crippen molar-refractivity contribution < 1.29 is 9.53 Å². The number of rotatable bonds is 3. The van der Waals surface area contributed by atoms with E-state index in [-0.39, 0.29) is 17.9 Å². The van der Waals surface area contributed by atoms with Crippen LogP contribution in [0.3, 0.4) is 0 Å². The van der Waals surface area contributed by atoms with Crippen LogP contribution in [0.4, 0.5) is 0 Å². The smallest absolute Gasteiger partial charge is 0.172 e. The van der Waals surface area contributed by atoms with Crippen molar-refractivity contribution in [2.45, 2.75) is 18.6 Å². The van der Waals surface area contributed by atoms with Gasteiger partial charge in [0.1, 0.15) is 0 Å². The third-order valence-electron chi connectivity index (χ3n) is 1.97. The van der Waals surface area contributed by atoms with Crippen molar-refractivity contribution in [1.29, 1.82) is 0 Å². The first-order valence-corrected chi connectivity index (χ1v) is 3.70. The second-order valence-electron chi connectivity index (χ2n) is 2.66. The van der Waals surface area contributed by atoms with Gasteiger partial charge in [-0.3, -0.25) is 4.79 Å². The molecule has 0 radical (unpaired) electrons. The third-order valence-corrected chi connectivity index (χ3v) is 1.97. The summed E-state index contributed by atoms with van der Waals surface area (Å²) in [5, 5.41) is 3.06. The number of carbonyl (C=O) groups is 1. The van der Waals surface area contributed by atoms with Crippen molar-refractivity contribution in [1.82, 2.24) is 5.32 Å². The van der Waals surface area contributed by atoms with Crippen LogP contribution in [0.15, 0.2) is 12.7 Å². The number of hydrogen-bond donors (Lipinski definition) is 1. The summed E-state index contributed by atoms with van der Waals surface area (Å²) in [5.41, 5.74) is 0. The Kier molecular flexibility index (Phi) is 2.79. The molecule has 0 aromatic rings. The highest BCUT2D eigenvalue weighted by atomic mass is 16.5. The zero-order valence-corrected chi connectivity index (χ0v) is 6.67. The van der Waals surface area contributed by atoms with Gasteiger partial charge in [0.05, 0.1) is 12.1 Å². The van der Waals surface area contributed by atoms with Gasteiger partial charge >= 0.3 is 0 Å². The van der Waals surface area contributed by atoms with Gasteiger partial charge in [0.25, 0.3) is 0 Å². The highest BCUT2D eigenvalue weighted by Gasteiger charge is 2.27. The Bertz CT molecular complexity index is 167. The van der Waals surface area contributed by atoms with Crippen molar-refractivity contribution in [2.24, 2.45) is 0 Å². The van der Waals surface area contributed by atoms with Crippen molar-refractivity contribution in [3.05, 3.63) is 12.7 Å². The monoisotopic (exact) mass is 155 g/mol. The number of ketones is 1. The zero-order chi connectivity index (χ0) is 8.27. The lowest BCUT2D eigenvalue weighted by Crippen LogP contribution is -2.28. The van der Waals surface area contributed by atoms with Crippen molar-refractivity contribution in [3.8, 4) is 0 Å². The van der Waals surface area contributed by atoms with Crippen LogP contribution in [-0.2, 0) is 9.53 Å².